The van der Waals surface area contributed by atoms with Gasteiger partial charge in [0.15, 0.2) is 50.3 Å². The Hall–Kier alpha value is -6.10. The van der Waals surface area contributed by atoms with Gasteiger partial charge in [0.05, 0.1) is 132 Å². The molecule has 52 heteroatoms. The summed E-state index contributed by atoms with van der Waals surface area (Å²) in [5, 5.41) is 292. The highest BCUT2D eigenvalue weighted by atomic mass is 16.8. The first-order valence-corrected chi connectivity index (χ1v) is 46.2. The lowest BCUT2D eigenvalue weighted by Gasteiger charge is -2.45. The van der Waals surface area contributed by atoms with Crippen LogP contribution in [0.25, 0.3) is 11.1 Å². The molecule has 804 valence electrons. The standard InChI is InChI=1S/C90H132O52/c91-33-49-59(99)67(107)75(115)83(131-49)139-79-71(111)63(103)53(37-95)135-87(79)127-29-21-119-17-25-123-45-9-1-41(2-10-45)57(42-3-11-46(12-4-42)124-26-18-120-22-30-128-88-80(72(112)64(104)54(38-96)136-88)140-84-76(116)68(108)60(100)50(34-92)132-84)58(43-5-13-47(14-6-43)125-27-19-121-23-31-129-89-81(73(113)65(105)55(39-97)137-89)141-85-77(117)69(109)61(101)51(35-93)133-85)44-7-15-48(16-8-44)126-28-20-122-24-32-130-90-82(74(114)66(106)56(40-98)138-90)142-86-78(118)70(110)62(102)52(36-94)134-86/h1-16,49-56,59-118H,17-40H2/t49-,50-,51-,52-,53-,54-,55-,56-,59-,60-,61-,62-,63-,64-,65-,66-,67+,68+,69+,70+,71+,72+,73+,74+,75+,76+,77+,78+,79+,80+,81+,82+,83-,84-,85-,86+,87?,88?,89?,90?/m1/s1. The number of rotatable bonds is 52. The Labute approximate surface area is 811 Å². The van der Waals surface area contributed by atoms with Crippen LogP contribution in [0, 0.1) is 0 Å². The lowest BCUT2D eigenvalue weighted by molar-refractivity contribution is -0.367. The van der Waals surface area contributed by atoms with Crippen molar-refractivity contribution in [1.29, 1.82) is 0 Å². The Morgan fingerprint density at radius 2 is 0.331 bits per heavy atom. The summed E-state index contributed by atoms with van der Waals surface area (Å²) in [6.07, 6.45) is -66.8. The molecule has 8 fully saturated rings. The van der Waals surface area contributed by atoms with Crippen LogP contribution in [-0.2, 0) is 94.7 Å². The quantitative estimate of drug-likeness (QED) is 0.0144. The van der Waals surface area contributed by atoms with Gasteiger partial charge in [-0.25, -0.2) is 0 Å². The van der Waals surface area contributed by atoms with Crippen molar-refractivity contribution in [2.45, 2.75) is 246 Å². The van der Waals surface area contributed by atoms with Crippen LogP contribution < -0.4 is 18.9 Å². The van der Waals surface area contributed by atoms with Gasteiger partial charge in [-0.3, -0.25) is 0 Å². The van der Waals surface area contributed by atoms with Gasteiger partial charge in [-0.15, -0.1) is 0 Å². The summed E-state index contributed by atoms with van der Waals surface area (Å²) in [5.41, 5.74) is 3.80. The van der Waals surface area contributed by atoms with E-state index in [1.165, 1.54) is 0 Å². The summed E-state index contributed by atoms with van der Waals surface area (Å²) in [6.45, 7) is -7.80. The maximum absolute atomic E-state index is 11.1. The molecule has 4 aromatic carbocycles. The normalized spacial score (nSPS) is 37.8. The molecule has 4 aromatic rings. The van der Waals surface area contributed by atoms with Crippen molar-refractivity contribution in [2.75, 3.05) is 159 Å². The van der Waals surface area contributed by atoms with E-state index in [4.69, 9.17) is 114 Å². The van der Waals surface area contributed by atoms with E-state index in [1.54, 1.807) is 48.5 Å². The predicted molar refractivity (Wildman–Crippen MR) is 465 cm³/mol. The van der Waals surface area contributed by atoms with Crippen LogP contribution in [-0.4, -0.2) is 547 Å². The van der Waals surface area contributed by atoms with Crippen LogP contribution in [0.2, 0.25) is 0 Å². The third-order valence-electron chi connectivity index (χ3n) is 24.7. The van der Waals surface area contributed by atoms with Gasteiger partial charge in [-0.05, 0) is 81.9 Å². The lowest BCUT2D eigenvalue weighted by atomic mass is 9.85. The maximum atomic E-state index is 11.1. The number of ether oxygens (including phenoxy) is 24. The minimum Gasteiger partial charge on any atom is -0.491 e. The zero-order valence-electron chi connectivity index (χ0n) is 76.6. The lowest BCUT2D eigenvalue weighted by Crippen LogP contribution is -2.64. The summed E-state index contributed by atoms with van der Waals surface area (Å²) in [6, 6.07) is 28.3. The Bertz CT molecular complexity index is 3740. The fourth-order valence-electron chi connectivity index (χ4n) is 16.6. The molecule has 0 aliphatic carbocycles. The van der Waals surface area contributed by atoms with Crippen molar-refractivity contribution >= 4 is 11.1 Å². The van der Waals surface area contributed by atoms with Gasteiger partial charge in [-0.1, -0.05) is 48.5 Å². The smallest absolute Gasteiger partial charge is 0.187 e. The van der Waals surface area contributed by atoms with Crippen molar-refractivity contribution in [3.05, 3.63) is 119 Å². The van der Waals surface area contributed by atoms with E-state index in [0.717, 1.165) is 0 Å². The van der Waals surface area contributed by atoms with Crippen LogP contribution in [0.1, 0.15) is 22.3 Å². The second-order valence-electron chi connectivity index (χ2n) is 34.2. The van der Waals surface area contributed by atoms with Gasteiger partial charge in [0.25, 0.3) is 0 Å². The molecule has 0 spiro atoms. The number of aliphatic hydroxyl groups is 28. The molecule has 12 rings (SSSR count). The molecule has 0 saturated carbocycles. The van der Waals surface area contributed by atoms with Crippen LogP contribution >= 0.6 is 0 Å². The molecule has 0 bridgehead atoms. The topological polar surface area (TPSA) is 788 Å². The van der Waals surface area contributed by atoms with Gasteiger partial charge >= 0.3 is 0 Å². The van der Waals surface area contributed by atoms with E-state index in [2.05, 4.69) is 0 Å². The van der Waals surface area contributed by atoms with Gasteiger partial charge < -0.3 is 257 Å². The van der Waals surface area contributed by atoms with Crippen molar-refractivity contribution in [2.24, 2.45) is 0 Å². The molecular weight excluding hydrogens is 1910 g/mol. The number of aliphatic hydroxyl groups excluding tert-OH is 28. The van der Waals surface area contributed by atoms with Crippen LogP contribution in [0.5, 0.6) is 23.0 Å². The van der Waals surface area contributed by atoms with E-state index >= 15 is 0 Å². The average Bonchev–Trinajstić information content (AvgIpc) is 0.843. The summed E-state index contributed by atoms with van der Waals surface area (Å²) in [4.78, 5) is 0. The van der Waals surface area contributed by atoms with E-state index < -0.39 is 299 Å². The SMILES string of the molecule is OC[C@H]1O[C@@H](O[C@@H]2C(OCCOCCOc3ccc(C(=C(c4ccc(OCCOCCOC5O[C@H](CO)[C@@H](O)[C@H](O)[C@@H]5O[C@H]5O[C@H](CO)[C@@H](O)[C@H](O)[C@@H]5O)cc4)c4ccc(OCCOCCOC5O[C@H](CO)[C@@H](O)[C@H](O)[C@@H]5O[C@H]5O[C@H](CO)[C@@H](O)[C@H](O)[C@@H]5O)cc4)c4ccc(OCCOCCOC5O[C@H](CO)[C@@H](O)[C@H](O)[C@@H]5O[C@H]5O[C@H](CO)[C@@H](O)[C@H](O)[C@@H]5O)cc4)cc3)O[C@H](CO)[C@@H](O)[C@@H]2O)[C@@H](O)[C@@H](O)[C@@H]1O. The summed E-state index contributed by atoms with van der Waals surface area (Å²) in [7, 11) is 0. The van der Waals surface area contributed by atoms with E-state index in [-0.39, 0.29) is 106 Å². The molecule has 28 N–H and O–H groups in total. The monoisotopic (exact) mass is 2040 g/mol. The van der Waals surface area contributed by atoms with E-state index in [0.29, 0.717) is 56.4 Å². The minimum atomic E-state index is -1.90. The highest BCUT2D eigenvalue weighted by molar-refractivity contribution is 6.04. The van der Waals surface area contributed by atoms with E-state index in [9.17, 15) is 143 Å². The first kappa shape index (κ1) is 115. The molecule has 52 nitrogen and oxygen atoms in total. The Balaban J connectivity index is 0.744. The van der Waals surface area contributed by atoms with Crippen LogP contribution in [0.15, 0.2) is 97.1 Å². The van der Waals surface area contributed by atoms with Crippen molar-refractivity contribution in [1.82, 2.24) is 0 Å². The highest BCUT2D eigenvalue weighted by Gasteiger charge is 2.57. The molecule has 0 amide bonds. The number of benzene rings is 4. The Kier molecular flexibility index (Phi) is 45.2. The van der Waals surface area contributed by atoms with Gasteiger partial charge in [0.2, 0.25) is 0 Å². The minimum absolute atomic E-state index is 0.0186. The predicted octanol–water partition coefficient (Wildman–Crippen LogP) is -13.2. The summed E-state index contributed by atoms with van der Waals surface area (Å²) < 4.78 is 139. The fraction of sp³-hybridized carbons (Fsp3) is 0.711. The second kappa shape index (κ2) is 56.0. The average molecular weight is 2050 g/mol. The Morgan fingerprint density at radius 3 is 0.500 bits per heavy atom. The van der Waals surface area contributed by atoms with Crippen LogP contribution in [0.3, 0.4) is 0 Å². The first-order chi connectivity index (χ1) is 68.4. The molecule has 0 aromatic heterocycles. The Morgan fingerprint density at radius 1 is 0.176 bits per heavy atom. The molecule has 142 heavy (non-hydrogen) atoms. The largest absolute Gasteiger partial charge is 0.491 e. The zero-order chi connectivity index (χ0) is 102. The second-order valence-corrected chi connectivity index (χ2v) is 34.2. The highest BCUT2D eigenvalue weighted by Crippen LogP contribution is 2.42. The molecule has 8 saturated heterocycles. The zero-order valence-corrected chi connectivity index (χ0v) is 76.6. The van der Waals surface area contributed by atoms with Crippen LogP contribution in [0.4, 0.5) is 0 Å². The molecule has 4 unspecified atom stereocenters. The molecule has 0 radical (unpaired) electrons. The van der Waals surface area contributed by atoms with Crippen molar-refractivity contribution in [3.63, 3.8) is 0 Å². The molecular formula is C90H132O52. The van der Waals surface area contributed by atoms with Gasteiger partial charge in [0, 0.05) is 0 Å². The molecule has 40 atom stereocenters. The fourth-order valence-corrected chi connectivity index (χ4v) is 16.6. The third-order valence-corrected chi connectivity index (χ3v) is 24.7. The number of hydrogen-bond acceptors (Lipinski definition) is 52. The first-order valence-electron chi connectivity index (χ1n) is 46.2. The summed E-state index contributed by atoms with van der Waals surface area (Å²) >= 11 is 0. The molecule has 8 heterocycles. The molecule has 8 aliphatic heterocycles. The molecule has 8 aliphatic rings. The van der Waals surface area contributed by atoms with Crippen molar-refractivity contribution < 1.29 is 257 Å². The van der Waals surface area contributed by atoms with Gasteiger partial charge in [0.1, 0.15) is 245 Å². The van der Waals surface area contributed by atoms with E-state index in [1.807, 2.05) is 48.5 Å². The maximum Gasteiger partial charge on any atom is 0.187 e. The van der Waals surface area contributed by atoms with Gasteiger partial charge in [-0.2, -0.15) is 0 Å². The van der Waals surface area contributed by atoms with Crippen molar-refractivity contribution in [3.8, 4) is 23.0 Å². The third kappa shape index (κ3) is 28.9. The summed E-state index contributed by atoms with van der Waals surface area (Å²) in [5.74, 6) is 1.55. The number of hydrogen-bond donors (Lipinski definition) is 28.